The molecule has 0 saturated carbocycles. The Morgan fingerprint density at radius 1 is 1.10 bits per heavy atom. The molecule has 0 aliphatic heterocycles. The number of phenols is 3. The maximum Gasteiger partial charge on any atom is 0.324 e. The Bertz CT molecular complexity index is 635. The van der Waals surface area contributed by atoms with Crippen molar-refractivity contribution in [1.29, 1.82) is 0 Å². The fourth-order valence-corrected chi connectivity index (χ4v) is 1.56. The average Bonchev–Trinajstić information content (AvgIpc) is 2.35. The molecule has 0 unspecified atom stereocenters. The number of carbonyl (C=O) groups excluding carboxylic acids is 1. The van der Waals surface area contributed by atoms with E-state index in [2.05, 4.69) is 15.6 Å². The SMILES string of the molecule is Cc1ccnc(NC(=O)Nc2cc(O)c(O)c(O)c2)c1. The lowest BCUT2D eigenvalue weighted by atomic mass is 10.2. The van der Waals surface area contributed by atoms with Gasteiger partial charge in [-0.2, -0.15) is 0 Å². The standard InChI is InChI=1S/C13H13N3O4/c1-7-2-3-14-11(4-7)16-13(20)15-8-5-9(17)12(19)10(18)6-8/h2-6,17-19H,1H3,(H2,14,15,16,20). The van der Waals surface area contributed by atoms with Crippen LogP contribution >= 0.6 is 0 Å². The summed E-state index contributed by atoms with van der Waals surface area (Å²) < 4.78 is 0. The molecule has 7 nitrogen and oxygen atoms in total. The topological polar surface area (TPSA) is 115 Å². The van der Waals surface area contributed by atoms with E-state index in [0.717, 1.165) is 17.7 Å². The van der Waals surface area contributed by atoms with E-state index in [9.17, 15) is 20.1 Å². The first kappa shape index (κ1) is 13.5. The highest BCUT2D eigenvalue weighted by molar-refractivity contribution is 5.99. The van der Waals surface area contributed by atoms with E-state index in [0.29, 0.717) is 5.82 Å². The molecule has 0 saturated heterocycles. The number of pyridine rings is 1. The smallest absolute Gasteiger partial charge is 0.324 e. The molecular weight excluding hydrogens is 262 g/mol. The van der Waals surface area contributed by atoms with Gasteiger partial charge in [0.25, 0.3) is 0 Å². The lowest BCUT2D eigenvalue weighted by Gasteiger charge is -2.09. The van der Waals surface area contributed by atoms with Gasteiger partial charge in [-0.3, -0.25) is 5.32 Å². The molecular formula is C13H13N3O4. The molecule has 104 valence electrons. The molecule has 1 heterocycles. The molecule has 2 aromatic rings. The van der Waals surface area contributed by atoms with Gasteiger partial charge in [-0.1, -0.05) is 0 Å². The zero-order valence-corrected chi connectivity index (χ0v) is 10.6. The van der Waals surface area contributed by atoms with Crippen LogP contribution in [0.15, 0.2) is 30.5 Å². The highest BCUT2D eigenvalue weighted by Crippen LogP contribution is 2.37. The molecule has 20 heavy (non-hydrogen) atoms. The molecule has 0 aliphatic carbocycles. The molecule has 7 heteroatoms. The summed E-state index contributed by atoms with van der Waals surface area (Å²) in [5, 5.41) is 32.7. The van der Waals surface area contributed by atoms with Crippen LogP contribution in [0.25, 0.3) is 0 Å². The zero-order valence-electron chi connectivity index (χ0n) is 10.6. The molecule has 0 aliphatic rings. The molecule has 2 amide bonds. The van der Waals surface area contributed by atoms with Crippen molar-refractivity contribution in [3.05, 3.63) is 36.0 Å². The van der Waals surface area contributed by atoms with Crippen molar-refractivity contribution in [1.82, 2.24) is 4.98 Å². The van der Waals surface area contributed by atoms with Gasteiger partial charge in [0.1, 0.15) is 5.82 Å². The fraction of sp³-hybridized carbons (Fsp3) is 0.0769. The number of phenolic OH excluding ortho intramolecular Hbond substituents is 3. The largest absolute Gasteiger partial charge is 0.504 e. The summed E-state index contributed by atoms with van der Waals surface area (Å²) in [6.45, 7) is 1.86. The second-order valence-corrected chi connectivity index (χ2v) is 4.16. The van der Waals surface area contributed by atoms with Crippen LogP contribution in [0, 0.1) is 6.92 Å². The van der Waals surface area contributed by atoms with E-state index in [1.54, 1.807) is 18.3 Å². The maximum absolute atomic E-state index is 11.7. The second kappa shape index (κ2) is 5.35. The third-order valence-corrected chi connectivity index (χ3v) is 2.48. The van der Waals surface area contributed by atoms with Crippen molar-refractivity contribution in [3.63, 3.8) is 0 Å². The zero-order chi connectivity index (χ0) is 14.7. The predicted molar refractivity (Wildman–Crippen MR) is 73.1 cm³/mol. The van der Waals surface area contributed by atoms with Crippen LogP contribution in [0.3, 0.4) is 0 Å². The molecule has 0 atom stereocenters. The highest BCUT2D eigenvalue weighted by atomic mass is 16.3. The first-order valence-electron chi connectivity index (χ1n) is 5.71. The van der Waals surface area contributed by atoms with Crippen molar-refractivity contribution < 1.29 is 20.1 Å². The van der Waals surface area contributed by atoms with Gasteiger partial charge < -0.3 is 20.6 Å². The summed E-state index contributed by atoms with van der Waals surface area (Å²) in [5.74, 6) is -1.34. The molecule has 0 fully saturated rings. The van der Waals surface area contributed by atoms with Crippen molar-refractivity contribution >= 4 is 17.5 Å². The van der Waals surface area contributed by atoms with Gasteiger partial charge in [-0.25, -0.2) is 9.78 Å². The Balaban J connectivity index is 2.09. The van der Waals surface area contributed by atoms with Gasteiger partial charge >= 0.3 is 6.03 Å². The number of aromatic nitrogens is 1. The Morgan fingerprint density at radius 3 is 2.35 bits per heavy atom. The lowest BCUT2D eigenvalue weighted by molar-refractivity contribution is 0.262. The maximum atomic E-state index is 11.7. The summed E-state index contributed by atoms with van der Waals surface area (Å²) in [6.07, 6.45) is 1.56. The van der Waals surface area contributed by atoms with E-state index in [4.69, 9.17) is 0 Å². The first-order valence-corrected chi connectivity index (χ1v) is 5.71. The number of hydrogen-bond donors (Lipinski definition) is 5. The molecule has 1 aromatic carbocycles. The Hall–Kier alpha value is -2.96. The third-order valence-electron chi connectivity index (χ3n) is 2.48. The fourth-order valence-electron chi connectivity index (χ4n) is 1.56. The minimum absolute atomic E-state index is 0.128. The van der Waals surface area contributed by atoms with Crippen molar-refractivity contribution in [2.75, 3.05) is 10.6 Å². The first-order chi connectivity index (χ1) is 9.45. The molecule has 0 bridgehead atoms. The number of anilines is 2. The molecule has 2 rings (SSSR count). The number of carbonyl (C=O) groups is 1. The number of aromatic hydroxyl groups is 3. The number of nitrogens with one attached hydrogen (secondary N) is 2. The minimum atomic E-state index is -0.642. The van der Waals surface area contributed by atoms with E-state index >= 15 is 0 Å². The summed E-state index contributed by atoms with van der Waals surface area (Å²) in [6, 6.07) is 5.11. The lowest BCUT2D eigenvalue weighted by Crippen LogP contribution is -2.20. The number of nitrogens with zero attached hydrogens (tertiary/aromatic N) is 1. The second-order valence-electron chi connectivity index (χ2n) is 4.16. The van der Waals surface area contributed by atoms with Crippen LogP contribution in [-0.4, -0.2) is 26.3 Å². The Kier molecular flexibility index (Phi) is 3.60. The van der Waals surface area contributed by atoms with Gasteiger partial charge in [-0.15, -0.1) is 0 Å². The van der Waals surface area contributed by atoms with Gasteiger partial charge in [0.15, 0.2) is 17.2 Å². The number of rotatable bonds is 2. The molecule has 5 N–H and O–H groups in total. The van der Waals surface area contributed by atoms with Crippen LogP contribution in [0.1, 0.15) is 5.56 Å². The van der Waals surface area contributed by atoms with Gasteiger partial charge in [-0.05, 0) is 24.6 Å². The van der Waals surface area contributed by atoms with Crippen LogP contribution < -0.4 is 10.6 Å². The number of amides is 2. The Labute approximate surface area is 114 Å². The third kappa shape index (κ3) is 3.08. The number of hydrogen-bond acceptors (Lipinski definition) is 5. The van der Waals surface area contributed by atoms with Crippen LogP contribution in [-0.2, 0) is 0 Å². The van der Waals surface area contributed by atoms with Gasteiger partial charge in [0.05, 0.1) is 5.69 Å². The van der Waals surface area contributed by atoms with Crippen LogP contribution in [0.2, 0.25) is 0 Å². The Morgan fingerprint density at radius 2 is 1.75 bits per heavy atom. The van der Waals surface area contributed by atoms with Crippen molar-refractivity contribution in [2.45, 2.75) is 6.92 Å². The summed E-state index contributed by atoms with van der Waals surface area (Å²) in [5.41, 5.74) is 1.07. The van der Waals surface area contributed by atoms with Crippen molar-refractivity contribution in [2.24, 2.45) is 0 Å². The summed E-state index contributed by atoms with van der Waals surface area (Å²) in [7, 11) is 0. The van der Waals surface area contributed by atoms with E-state index in [1.807, 2.05) is 6.92 Å². The quantitative estimate of drug-likeness (QED) is 0.425. The molecule has 0 radical (unpaired) electrons. The predicted octanol–water partition coefficient (Wildman–Crippen LogP) is 2.15. The minimum Gasteiger partial charge on any atom is -0.504 e. The van der Waals surface area contributed by atoms with Crippen LogP contribution in [0.5, 0.6) is 17.2 Å². The number of benzene rings is 1. The highest BCUT2D eigenvalue weighted by Gasteiger charge is 2.10. The average molecular weight is 275 g/mol. The number of urea groups is 1. The van der Waals surface area contributed by atoms with Crippen LogP contribution in [0.4, 0.5) is 16.3 Å². The van der Waals surface area contributed by atoms with Gasteiger partial charge in [0.2, 0.25) is 0 Å². The monoisotopic (exact) mass is 275 g/mol. The van der Waals surface area contributed by atoms with E-state index < -0.39 is 23.3 Å². The van der Waals surface area contributed by atoms with E-state index in [1.165, 1.54) is 0 Å². The molecule has 1 aromatic heterocycles. The number of aryl methyl sites for hydroxylation is 1. The van der Waals surface area contributed by atoms with E-state index in [-0.39, 0.29) is 5.69 Å². The van der Waals surface area contributed by atoms with Crippen molar-refractivity contribution in [3.8, 4) is 17.2 Å². The molecule has 0 spiro atoms. The summed E-state index contributed by atoms with van der Waals surface area (Å²) >= 11 is 0. The van der Waals surface area contributed by atoms with Gasteiger partial charge in [0, 0.05) is 18.3 Å². The normalized spacial score (nSPS) is 10.1. The summed E-state index contributed by atoms with van der Waals surface area (Å²) in [4.78, 5) is 15.7.